The first-order valence-electron chi connectivity index (χ1n) is 4.84. The Labute approximate surface area is 81.6 Å². The quantitative estimate of drug-likeness (QED) is 0.518. The summed E-state index contributed by atoms with van der Waals surface area (Å²) in [5.74, 6) is 0.175. The maximum Gasteiger partial charge on any atom is 0.186 e. The first-order valence-corrected chi connectivity index (χ1v) is 4.84. The predicted molar refractivity (Wildman–Crippen MR) is 58.6 cm³/mol. The summed E-state index contributed by atoms with van der Waals surface area (Å²) in [5, 5.41) is 0. The van der Waals surface area contributed by atoms with Crippen LogP contribution in [0.1, 0.15) is 47.5 Å². The van der Waals surface area contributed by atoms with Gasteiger partial charge in [0.1, 0.15) is 0 Å². The van der Waals surface area contributed by atoms with Crippen LogP contribution in [0.15, 0.2) is 4.99 Å². The Morgan fingerprint density at radius 3 is 1.92 bits per heavy atom. The zero-order valence-corrected chi connectivity index (χ0v) is 9.52. The van der Waals surface area contributed by atoms with E-state index in [-0.39, 0.29) is 16.9 Å². The molecule has 0 aliphatic carbocycles. The summed E-state index contributed by atoms with van der Waals surface area (Å²) in [7, 11) is 0. The van der Waals surface area contributed by atoms with Crippen LogP contribution in [0.2, 0.25) is 0 Å². The Balaban J connectivity index is 4.70. The van der Waals surface area contributed by atoms with Gasteiger partial charge in [0, 0.05) is 0 Å². The van der Waals surface area contributed by atoms with Crippen LogP contribution >= 0.6 is 0 Å². The average molecular weight is 185 g/mol. The van der Waals surface area contributed by atoms with E-state index in [0.717, 1.165) is 12.8 Å². The monoisotopic (exact) mass is 185 g/mol. The molecule has 3 nitrogen and oxygen atoms in total. The first kappa shape index (κ1) is 12.3. The van der Waals surface area contributed by atoms with Gasteiger partial charge < -0.3 is 11.5 Å². The van der Waals surface area contributed by atoms with E-state index in [4.69, 9.17) is 11.5 Å². The zero-order valence-electron chi connectivity index (χ0n) is 9.52. The molecule has 0 fully saturated rings. The van der Waals surface area contributed by atoms with E-state index in [1.165, 1.54) is 0 Å². The van der Waals surface area contributed by atoms with Gasteiger partial charge in [0.05, 0.1) is 5.54 Å². The van der Waals surface area contributed by atoms with E-state index in [0.29, 0.717) is 0 Å². The molecule has 78 valence electrons. The normalized spacial score (nSPS) is 12.7. The largest absolute Gasteiger partial charge is 0.370 e. The van der Waals surface area contributed by atoms with Crippen LogP contribution in [-0.4, -0.2) is 11.5 Å². The van der Waals surface area contributed by atoms with Gasteiger partial charge in [-0.05, 0) is 25.7 Å². The van der Waals surface area contributed by atoms with Crippen molar-refractivity contribution in [1.82, 2.24) is 0 Å². The van der Waals surface area contributed by atoms with Crippen LogP contribution in [0.4, 0.5) is 0 Å². The highest BCUT2D eigenvalue weighted by atomic mass is 15.0. The third-order valence-electron chi connectivity index (χ3n) is 2.94. The van der Waals surface area contributed by atoms with Crippen LogP contribution in [0, 0.1) is 5.41 Å². The molecule has 3 heteroatoms. The standard InChI is InChI=1S/C10H23N3/c1-6-7-9(2,3)10(4,5)13-8(11)12/h6-7H2,1-5H3,(H4,11,12,13). The zero-order chi connectivity index (χ0) is 10.7. The van der Waals surface area contributed by atoms with Crippen LogP contribution in [0.3, 0.4) is 0 Å². The maximum absolute atomic E-state index is 5.40. The van der Waals surface area contributed by atoms with Crippen molar-refractivity contribution in [1.29, 1.82) is 0 Å². The van der Waals surface area contributed by atoms with Crippen molar-refractivity contribution < 1.29 is 0 Å². The molecule has 0 aromatic heterocycles. The Bertz CT molecular complexity index is 188. The van der Waals surface area contributed by atoms with E-state index in [1.54, 1.807) is 0 Å². The van der Waals surface area contributed by atoms with Crippen LogP contribution in [-0.2, 0) is 0 Å². The summed E-state index contributed by atoms with van der Waals surface area (Å²) in [6, 6.07) is 0. The molecule has 0 bridgehead atoms. The highest BCUT2D eigenvalue weighted by Crippen LogP contribution is 2.37. The van der Waals surface area contributed by atoms with Gasteiger partial charge in [0.15, 0.2) is 5.96 Å². The fourth-order valence-corrected chi connectivity index (χ4v) is 1.40. The highest BCUT2D eigenvalue weighted by Gasteiger charge is 2.35. The van der Waals surface area contributed by atoms with Gasteiger partial charge in [-0.15, -0.1) is 0 Å². The number of rotatable bonds is 4. The summed E-state index contributed by atoms with van der Waals surface area (Å²) in [4.78, 5) is 4.27. The summed E-state index contributed by atoms with van der Waals surface area (Å²) >= 11 is 0. The molecule has 0 spiro atoms. The van der Waals surface area contributed by atoms with Crippen molar-refractivity contribution in [2.75, 3.05) is 0 Å². The summed E-state index contributed by atoms with van der Waals surface area (Å²) in [6.45, 7) is 10.7. The number of nitrogens with zero attached hydrogens (tertiary/aromatic N) is 1. The second kappa shape index (κ2) is 3.99. The Morgan fingerprint density at radius 1 is 1.15 bits per heavy atom. The molecule has 0 aromatic rings. The van der Waals surface area contributed by atoms with Crippen molar-refractivity contribution in [3.05, 3.63) is 0 Å². The first-order chi connectivity index (χ1) is 5.73. The van der Waals surface area contributed by atoms with Crippen LogP contribution in [0.5, 0.6) is 0 Å². The van der Waals surface area contributed by atoms with Gasteiger partial charge in [-0.2, -0.15) is 0 Å². The van der Waals surface area contributed by atoms with Gasteiger partial charge in [-0.3, -0.25) is 0 Å². The van der Waals surface area contributed by atoms with Crippen LogP contribution in [0.25, 0.3) is 0 Å². The number of hydrogen-bond acceptors (Lipinski definition) is 1. The molecule has 0 unspecified atom stereocenters. The van der Waals surface area contributed by atoms with Crippen molar-refractivity contribution in [2.45, 2.75) is 53.0 Å². The lowest BCUT2D eigenvalue weighted by Crippen LogP contribution is -2.40. The van der Waals surface area contributed by atoms with E-state index in [2.05, 4.69) is 39.6 Å². The van der Waals surface area contributed by atoms with E-state index >= 15 is 0 Å². The number of guanidine groups is 1. The molecule has 13 heavy (non-hydrogen) atoms. The van der Waals surface area contributed by atoms with Gasteiger partial charge >= 0.3 is 0 Å². The Kier molecular flexibility index (Phi) is 3.76. The molecule has 0 aromatic carbocycles. The fraction of sp³-hybridized carbons (Fsp3) is 0.900. The minimum absolute atomic E-state index is 0.131. The molecule has 0 aliphatic rings. The topological polar surface area (TPSA) is 64.4 Å². The fourth-order valence-electron chi connectivity index (χ4n) is 1.40. The highest BCUT2D eigenvalue weighted by molar-refractivity contribution is 5.76. The molecule has 0 amide bonds. The minimum Gasteiger partial charge on any atom is -0.370 e. The molecule has 0 heterocycles. The Morgan fingerprint density at radius 2 is 1.62 bits per heavy atom. The van der Waals surface area contributed by atoms with Gasteiger partial charge in [0.25, 0.3) is 0 Å². The third kappa shape index (κ3) is 3.25. The summed E-state index contributed by atoms with van der Waals surface area (Å²) in [6.07, 6.45) is 2.27. The molecule has 0 radical (unpaired) electrons. The van der Waals surface area contributed by atoms with Gasteiger partial charge in [-0.1, -0.05) is 27.2 Å². The smallest absolute Gasteiger partial charge is 0.186 e. The lowest BCUT2D eigenvalue weighted by Gasteiger charge is -2.38. The molecule has 0 atom stereocenters. The molecule has 4 N–H and O–H groups in total. The van der Waals surface area contributed by atoms with Gasteiger partial charge in [0.2, 0.25) is 0 Å². The predicted octanol–water partition coefficient (Wildman–Crippen LogP) is 1.86. The second-order valence-electron chi connectivity index (χ2n) is 4.73. The molecule has 0 rings (SSSR count). The summed E-state index contributed by atoms with van der Waals surface area (Å²) in [5.41, 5.74) is 10.7. The maximum atomic E-state index is 5.40. The van der Waals surface area contributed by atoms with E-state index in [1.807, 2.05) is 0 Å². The summed E-state index contributed by atoms with van der Waals surface area (Å²) < 4.78 is 0. The van der Waals surface area contributed by atoms with Crippen molar-refractivity contribution >= 4 is 5.96 Å². The third-order valence-corrected chi connectivity index (χ3v) is 2.94. The lowest BCUT2D eigenvalue weighted by atomic mass is 9.72. The minimum atomic E-state index is -0.193. The van der Waals surface area contributed by atoms with Crippen molar-refractivity contribution in [3.8, 4) is 0 Å². The van der Waals surface area contributed by atoms with E-state index < -0.39 is 0 Å². The molecular formula is C10H23N3. The molecule has 0 saturated heterocycles. The van der Waals surface area contributed by atoms with Gasteiger partial charge in [-0.25, -0.2) is 4.99 Å². The molecule has 0 saturated carbocycles. The second-order valence-corrected chi connectivity index (χ2v) is 4.73. The van der Waals surface area contributed by atoms with E-state index in [9.17, 15) is 0 Å². The number of hydrogen-bond donors (Lipinski definition) is 2. The Hall–Kier alpha value is -0.730. The lowest BCUT2D eigenvalue weighted by molar-refractivity contribution is 0.186. The average Bonchev–Trinajstić information content (AvgIpc) is 1.82. The molecular weight excluding hydrogens is 162 g/mol. The van der Waals surface area contributed by atoms with Crippen molar-refractivity contribution in [3.63, 3.8) is 0 Å². The number of aliphatic imine (C=N–C) groups is 1. The SMILES string of the molecule is CCCC(C)(C)C(C)(C)N=C(N)N. The van der Waals surface area contributed by atoms with Crippen LogP contribution < -0.4 is 11.5 Å². The number of nitrogens with two attached hydrogens (primary N) is 2. The van der Waals surface area contributed by atoms with Crippen molar-refractivity contribution in [2.24, 2.45) is 21.9 Å². The molecule has 0 aliphatic heterocycles.